The molecule has 0 spiro atoms. The zero-order valence-corrected chi connectivity index (χ0v) is 8.66. The first kappa shape index (κ1) is 10.1. The van der Waals surface area contributed by atoms with E-state index in [9.17, 15) is 10.1 Å². The van der Waals surface area contributed by atoms with Crippen LogP contribution in [0.5, 0.6) is 0 Å². The Labute approximate surface area is 93.8 Å². The second kappa shape index (κ2) is 3.60. The summed E-state index contributed by atoms with van der Waals surface area (Å²) in [5.74, 6) is 0. The summed E-state index contributed by atoms with van der Waals surface area (Å²) in [5.41, 5.74) is 0.342. The van der Waals surface area contributed by atoms with Gasteiger partial charge >= 0.3 is 0 Å². The van der Waals surface area contributed by atoms with Crippen LogP contribution in [0.25, 0.3) is 11.0 Å². The summed E-state index contributed by atoms with van der Waals surface area (Å²) in [6.07, 6.45) is 0. The molecular formula is C8H3Cl2N3O2. The molecule has 0 unspecified atom stereocenters. The van der Waals surface area contributed by atoms with Crippen LogP contribution in [0.1, 0.15) is 0 Å². The fourth-order valence-electron chi connectivity index (χ4n) is 1.17. The molecule has 0 saturated carbocycles. The standard InChI is InChI=1S/C8H3Cl2N3O2/c9-7-8(10)12-6-4(11-7)2-1-3-5(6)13(14)15/h1-3H. The number of nitro groups is 1. The monoisotopic (exact) mass is 243 g/mol. The SMILES string of the molecule is O=[N+]([O-])c1cccc2nc(Cl)c(Cl)nc12. The Kier molecular flexibility index (Phi) is 2.42. The average molecular weight is 244 g/mol. The van der Waals surface area contributed by atoms with Gasteiger partial charge in [-0.3, -0.25) is 10.1 Å². The van der Waals surface area contributed by atoms with Crippen molar-refractivity contribution in [3.05, 3.63) is 38.6 Å². The fraction of sp³-hybridized carbons (Fsp3) is 0. The van der Waals surface area contributed by atoms with E-state index in [0.29, 0.717) is 5.52 Å². The molecule has 1 heterocycles. The van der Waals surface area contributed by atoms with Gasteiger partial charge in [-0.05, 0) is 6.07 Å². The summed E-state index contributed by atoms with van der Waals surface area (Å²) < 4.78 is 0. The van der Waals surface area contributed by atoms with Crippen LogP contribution in [-0.4, -0.2) is 14.9 Å². The second-order valence-electron chi connectivity index (χ2n) is 2.71. The molecule has 5 nitrogen and oxygen atoms in total. The lowest BCUT2D eigenvalue weighted by Crippen LogP contribution is -1.93. The molecule has 76 valence electrons. The van der Waals surface area contributed by atoms with Gasteiger partial charge in [0.1, 0.15) is 0 Å². The van der Waals surface area contributed by atoms with Gasteiger partial charge in [-0.15, -0.1) is 0 Å². The van der Waals surface area contributed by atoms with Crippen molar-refractivity contribution >= 4 is 39.9 Å². The van der Waals surface area contributed by atoms with Crippen LogP contribution < -0.4 is 0 Å². The van der Waals surface area contributed by atoms with Crippen molar-refractivity contribution < 1.29 is 4.92 Å². The largest absolute Gasteiger partial charge is 0.297 e. The van der Waals surface area contributed by atoms with Crippen molar-refractivity contribution in [3.63, 3.8) is 0 Å². The van der Waals surface area contributed by atoms with Crippen LogP contribution in [0.2, 0.25) is 10.3 Å². The molecule has 0 bridgehead atoms. The Balaban J connectivity index is 2.86. The molecule has 0 aliphatic heterocycles. The topological polar surface area (TPSA) is 68.9 Å². The molecule has 0 saturated heterocycles. The lowest BCUT2D eigenvalue weighted by Gasteiger charge is -1.99. The van der Waals surface area contributed by atoms with Gasteiger partial charge in [0.15, 0.2) is 15.8 Å². The van der Waals surface area contributed by atoms with Crippen LogP contribution in [0.3, 0.4) is 0 Å². The van der Waals surface area contributed by atoms with Crippen molar-refractivity contribution in [2.24, 2.45) is 0 Å². The van der Waals surface area contributed by atoms with Crippen molar-refractivity contribution in [2.75, 3.05) is 0 Å². The van der Waals surface area contributed by atoms with Crippen LogP contribution >= 0.6 is 23.2 Å². The maximum absolute atomic E-state index is 10.7. The predicted molar refractivity (Wildman–Crippen MR) is 56.2 cm³/mol. The van der Waals surface area contributed by atoms with Crippen molar-refractivity contribution in [1.82, 2.24) is 9.97 Å². The van der Waals surface area contributed by atoms with Crippen molar-refractivity contribution in [1.29, 1.82) is 0 Å². The van der Waals surface area contributed by atoms with Gasteiger partial charge in [0.05, 0.1) is 10.4 Å². The molecule has 15 heavy (non-hydrogen) atoms. The van der Waals surface area contributed by atoms with E-state index in [1.807, 2.05) is 0 Å². The predicted octanol–water partition coefficient (Wildman–Crippen LogP) is 2.84. The van der Waals surface area contributed by atoms with Gasteiger partial charge in [0.25, 0.3) is 5.69 Å². The van der Waals surface area contributed by atoms with Gasteiger partial charge in [-0.2, -0.15) is 0 Å². The lowest BCUT2D eigenvalue weighted by atomic mass is 10.2. The van der Waals surface area contributed by atoms with Gasteiger partial charge in [0.2, 0.25) is 0 Å². The minimum atomic E-state index is -0.540. The zero-order valence-electron chi connectivity index (χ0n) is 7.15. The van der Waals surface area contributed by atoms with Crippen LogP contribution in [-0.2, 0) is 0 Å². The molecule has 0 radical (unpaired) electrons. The number of rotatable bonds is 1. The number of para-hydroxylation sites is 1. The maximum atomic E-state index is 10.7. The number of nitro benzene ring substituents is 1. The Morgan fingerprint density at radius 3 is 2.53 bits per heavy atom. The highest BCUT2D eigenvalue weighted by atomic mass is 35.5. The highest BCUT2D eigenvalue weighted by Crippen LogP contribution is 2.26. The fourth-order valence-corrected chi connectivity index (χ4v) is 1.43. The van der Waals surface area contributed by atoms with Gasteiger partial charge in [-0.25, -0.2) is 9.97 Å². The number of hydrogen-bond acceptors (Lipinski definition) is 4. The molecule has 2 aromatic rings. The number of hydrogen-bond donors (Lipinski definition) is 0. The molecular weight excluding hydrogens is 241 g/mol. The van der Waals surface area contributed by atoms with Gasteiger partial charge in [0, 0.05) is 6.07 Å². The van der Waals surface area contributed by atoms with Crippen molar-refractivity contribution in [2.45, 2.75) is 0 Å². The smallest absolute Gasteiger partial charge is 0.258 e. The highest BCUT2D eigenvalue weighted by Gasteiger charge is 2.15. The molecule has 1 aromatic heterocycles. The number of halogens is 2. The Morgan fingerprint density at radius 1 is 1.20 bits per heavy atom. The molecule has 0 aliphatic carbocycles. The van der Waals surface area contributed by atoms with E-state index in [1.165, 1.54) is 12.1 Å². The minimum absolute atomic E-state index is 0.0321. The van der Waals surface area contributed by atoms with Gasteiger partial charge < -0.3 is 0 Å². The molecule has 0 fully saturated rings. The second-order valence-corrected chi connectivity index (χ2v) is 3.42. The van der Waals surface area contributed by atoms with Gasteiger partial charge in [-0.1, -0.05) is 29.3 Å². The van der Waals surface area contributed by atoms with Crippen molar-refractivity contribution in [3.8, 4) is 0 Å². The first-order chi connectivity index (χ1) is 7.09. The number of fused-ring (bicyclic) bond motifs is 1. The Morgan fingerprint density at radius 2 is 1.87 bits per heavy atom. The van der Waals surface area contributed by atoms with Crippen LogP contribution in [0, 0.1) is 10.1 Å². The Bertz CT molecular complexity index is 559. The third-order valence-corrected chi connectivity index (χ3v) is 2.41. The molecule has 0 N–H and O–H groups in total. The highest BCUT2D eigenvalue weighted by molar-refractivity contribution is 6.40. The molecule has 1 aromatic carbocycles. The maximum Gasteiger partial charge on any atom is 0.297 e. The normalized spacial score (nSPS) is 10.5. The van der Waals surface area contributed by atoms with E-state index in [-0.39, 0.29) is 21.5 Å². The zero-order chi connectivity index (χ0) is 11.0. The number of non-ortho nitro benzene ring substituents is 1. The summed E-state index contributed by atoms with van der Waals surface area (Å²) in [6, 6.07) is 4.43. The minimum Gasteiger partial charge on any atom is -0.258 e. The summed E-state index contributed by atoms with van der Waals surface area (Å²) in [7, 11) is 0. The molecule has 0 atom stereocenters. The van der Waals surface area contributed by atoms with E-state index < -0.39 is 4.92 Å². The number of aromatic nitrogens is 2. The quantitative estimate of drug-likeness (QED) is 0.571. The Hall–Kier alpha value is -1.46. The summed E-state index contributed by atoms with van der Waals surface area (Å²) in [5, 5.41) is 10.7. The molecule has 2 rings (SSSR count). The summed E-state index contributed by atoms with van der Waals surface area (Å²) in [4.78, 5) is 17.8. The molecule has 0 aliphatic rings. The third kappa shape index (κ3) is 1.71. The summed E-state index contributed by atoms with van der Waals surface area (Å²) >= 11 is 11.3. The van der Waals surface area contributed by atoms with E-state index in [4.69, 9.17) is 23.2 Å². The lowest BCUT2D eigenvalue weighted by molar-refractivity contribution is -0.383. The van der Waals surface area contributed by atoms with E-state index >= 15 is 0 Å². The third-order valence-electron chi connectivity index (χ3n) is 1.79. The average Bonchev–Trinajstić information content (AvgIpc) is 2.18. The number of nitrogens with zero attached hydrogens (tertiary/aromatic N) is 3. The first-order valence-electron chi connectivity index (χ1n) is 3.86. The number of benzene rings is 1. The molecule has 7 heteroatoms. The van der Waals surface area contributed by atoms with Crippen LogP contribution in [0.4, 0.5) is 5.69 Å². The van der Waals surface area contributed by atoms with E-state index in [2.05, 4.69) is 9.97 Å². The van der Waals surface area contributed by atoms with Crippen LogP contribution in [0.15, 0.2) is 18.2 Å². The van der Waals surface area contributed by atoms with E-state index in [0.717, 1.165) is 0 Å². The van der Waals surface area contributed by atoms with E-state index in [1.54, 1.807) is 6.07 Å². The summed E-state index contributed by atoms with van der Waals surface area (Å²) in [6.45, 7) is 0. The first-order valence-corrected chi connectivity index (χ1v) is 4.61. The molecule has 0 amide bonds.